The molecule has 9 nitrogen and oxygen atoms in total. The summed E-state index contributed by atoms with van der Waals surface area (Å²) in [7, 11) is 3.22. The number of ether oxygens (including phenoxy) is 1. The minimum atomic E-state index is -4.67. The summed E-state index contributed by atoms with van der Waals surface area (Å²) in [5.74, 6) is -0.278. The number of hydrogen-bond acceptors (Lipinski definition) is 7. The van der Waals surface area contributed by atoms with Crippen molar-refractivity contribution < 1.29 is 22.7 Å². The molecule has 0 unspecified atom stereocenters. The topological polar surface area (TPSA) is 102 Å². The normalized spacial score (nSPS) is 14.8. The van der Waals surface area contributed by atoms with E-state index in [-0.39, 0.29) is 23.1 Å². The average Bonchev–Trinajstić information content (AvgIpc) is 3.16. The van der Waals surface area contributed by atoms with Crippen LogP contribution in [0.4, 0.5) is 24.8 Å². The summed E-state index contributed by atoms with van der Waals surface area (Å²) in [5, 5.41) is 4.26. The molecule has 12 heteroatoms. The highest BCUT2D eigenvalue weighted by atomic mass is 19.4. The van der Waals surface area contributed by atoms with Crippen LogP contribution in [0.1, 0.15) is 15.9 Å². The van der Waals surface area contributed by atoms with Gasteiger partial charge in [-0.2, -0.15) is 13.2 Å². The number of carbonyl (C=O) groups is 1. The third-order valence-electron chi connectivity index (χ3n) is 4.88. The molecule has 31 heavy (non-hydrogen) atoms. The summed E-state index contributed by atoms with van der Waals surface area (Å²) in [4.78, 5) is 24.0. The number of morpholine rings is 1. The maximum absolute atomic E-state index is 13.7. The third-order valence-corrected chi connectivity index (χ3v) is 4.88. The number of nitrogen functional groups attached to an aromatic ring is 1. The van der Waals surface area contributed by atoms with Crippen molar-refractivity contribution in [1.29, 1.82) is 0 Å². The van der Waals surface area contributed by atoms with Crippen molar-refractivity contribution in [2.75, 3.05) is 51.0 Å². The lowest BCUT2D eigenvalue weighted by Crippen LogP contribution is -2.37. The summed E-state index contributed by atoms with van der Waals surface area (Å²) in [6.07, 6.45) is -2.19. The van der Waals surface area contributed by atoms with Gasteiger partial charge in [-0.25, -0.2) is 14.5 Å². The fourth-order valence-electron chi connectivity index (χ4n) is 3.37. The number of halogens is 3. The number of aromatic nitrogens is 4. The molecule has 0 radical (unpaired) electrons. The Labute approximate surface area is 175 Å². The predicted molar refractivity (Wildman–Crippen MR) is 107 cm³/mol. The molecule has 1 saturated heterocycles. The quantitative estimate of drug-likeness (QED) is 0.671. The summed E-state index contributed by atoms with van der Waals surface area (Å²) < 4.78 is 47.7. The number of hydrogen-bond donors (Lipinski definition) is 1. The van der Waals surface area contributed by atoms with Gasteiger partial charge in [-0.05, 0) is 12.1 Å². The minimum Gasteiger partial charge on any atom is -0.384 e. The fraction of sp³-hybridized carbons (Fsp3) is 0.368. The first-order chi connectivity index (χ1) is 14.6. The van der Waals surface area contributed by atoms with Gasteiger partial charge in [0.05, 0.1) is 29.9 Å². The van der Waals surface area contributed by atoms with E-state index in [0.29, 0.717) is 43.2 Å². The zero-order valence-electron chi connectivity index (χ0n) is 16.8. The van der Waals surface area contributed by atoms with Crippen LogP contribution in [0.5, 0.6) is 0 Å². The first-order valence-electron chi connectivity index (χ1n) is 9.43. The second kappa shape index (κ2) is 7.69. The molecule has 0 atom stereocenters. The molecule has 3 aromatic heterocycles. The van der Waals surface area contributed by atoms with Crippen LogP contribution >= 0.6 is 0 Å². The molecule has 3 aromatic rings. The highest BCUT2D eigenvalue weighted by Crippen LogP contribution is 2.37. The Morgan fingerprint density at radius 2 is 1.94 bits per heavy atom. The number of alkyl halides is 3. The predicted octanol–water partition coefficient (Wildman–Crippen LogP) is 1.93. The molecule has 0 aromatic carbocycles. The van der Waals surface area contributed by atoms with Crippen LogP contribution in [0, 0.1) is 0 Å². The number of fused-ring (bicyclic) bond motifs is 1. The van der Waals surface area contributed by atoms with Gasteiger partial charge in [0.15, 0.2) is 11.6 Å². The molecule has 1 aliphatic heterocycles. The van der Waals surface area contributed by atoms with Gasteiger partial charge < -0.3 is 20.3 Å². The SMILES string of the molecule is CN(C)C(=O)c1cc2c(N3CCOCC3)nc(-c3cnc(N)cc3C(F)(F)F)nn2c1. The maximum atomic E-state index is 13.7. The first-order valence-corrected chi connectivity index (χ1v) is 9.43. The van der Waals surface area contributed by atoms with E-state index in [1.807, 2.05) is 4.90 Å². The van der Waals surface area contributed by atoms with E-state index < -0.39 is 11.7 Å². The number of nitrogens with two attached hydrogens (primary N) is 1. The Bertz CT molecular complexity index is 1140. The van der Waals surface area contributed by atoms with Crippen LogP contribution in [0.2, 0.25) is 0 Å². The van der Waals surface area contributed by atoms with Crippen molar-refractivity contribution in [1.82, 2.24) is 24.5 Å². The number of nitrogens with zero attached hydrogens (tertiary/aromatic N) is 6. The molecule has 1 amide bonds. The standard InChI is InChI=1S/C19H20F3N7O2/c1-27(2)18(30)11-7-14-17(28-3-5-31-6-4-28)25-16(26-29(14)10-11)12-9-24-15(23)8-13(12)19(20,21)22/h7-10H,3-6H2,1-2H3,(H2,23,24). The van der Waals surface area contributed by atoms with Crippen LogP contribution in [0.3, 0.4) is 0 Å². The van der Waals surface area contributed by atoms with Crippen molar-refractivity contribution in [2.24, 2.45) is 0 Å². The summed E-state index contributed by atoms with van der Waals surface area (Å²) in [6.45, 7) is 1.90. The maximum Gasteiger partial charge on any atom is 0.417 e. The molecule has 4 heterocycles. The van der Waals surface area contributed by atoms with Gasteiger partial charge in [0.25, 0.3) is 5.91 Å². The lowest BCUT2D eigenvalue weighted by Gasteiger charge is -2.28. The molecule has 0 bridgehead atoms. The summed E-state index contributed by atoms with van der Waals surface area (Å²) >= 11 is 0. The lowest BCUT2D eigenvalue weighted by atomic mass is 10.1. The van der Waals surface area contributed by atoms with E-state index in [9.17, 15) is 18.0 Å². The molecular weight excluding hydrogens is 415 g/mol. The Hall–Kier alpha value is -3.41. The molecular formula is C19H20F3N7O2. The van der Waals surface area contributed by atoms with E-state index in [1.165, 1.54) is 15.6 Å². The van der Waals surface area contributed by atoms with Gasteiger partial charge in [-0.15, -0.1) is 5.10 Å². The summed E-state index contributed by atoms with van der Waals surface area (Å²) in [5.41, 5.74) is 5.05. The summed E-state index contributed by atoms with van der Waals surface area (Å²) in [6, 6.07) is 2.39. The zero-order valence-corrected chi connectivity index (χ0v) is 16.8. The second-order valence-electron chi connectivity index (χ2n) is 7.27. The van der Waals surface area contributed by atoms with Crippen LogP contribution in [-0.2, 0) is 10.9 Å². The van der Waals surface area contributed by atoms with E-state index in [1.54, 1.807) is 20.2 Å². The molecule has 1 aliphatic rings. The van der Waals surface area contributed by atoms with Gasteiger partial charge in [0.2, 0.25) is 0 Å². The minimum absolute atomic E-state index is 0.173. The number of pyridine rings is 1. The molecule has 4 rings (SSSR count). The monoisotopic (exact) mass is 435 g/mol. The second-order valence-corrected chi connectivity index (χ2v) is 7.27. The number of carbonyl (C=O) groups excluding carboxylic acids is 1. The van der Waals surface area contributed by atoms with Gasteiger partial charge in [-0.1, -0.05) is 0 Å². The van der Waals surface area contributed by atoms with Crippen LogP contribution in [0.15, 0.2) is 24.5 Å². The van der Waals surface area contributed by atoms with Crippen molar-refractivity contribution in [3.05, 3.63) is 35.7 Å². The fourth-order valence-corrected chi connectivity index (χ4v) is 3.37. The van der Waals surface area contributed by atoms with Gasteiger partial charge in [-0.3, -0.25) is 4.79 Å². The number of anilines is 2. The first kappa shape index (κ1) is 20.8. The van der Waals surface area contributed by atoms with E-state index in [4.69, 9.17) is 10.5 Å². The zero-order chi connectivity index (χ0) is 22.3. The highest BCUT2D eigenvalue weighted by molar-refractivity contribution is 5.96. The Morgan fingerprint density at radius 1 is 1.23 bits per heavy atom. The molecule has 0 aliphatic carbocycles. The Morgan fingerprint density at radius 3 is 2.58 bits per heavy atom. The van der Waals surface area contributed by atoms with Crippen molar-refractivity contribution in [2.45, 2.75) is 6.18 Å². The molecule has 0 spiro atoms. The van der Waals surface area contributed by atoms with Crippen molar-refractivity contribution in [3.8, 4) is 11.4 Å². The van der Waals surface area contributed by atoms with E-state index >= 15 is 0 Å². The number of rotatable bonds is 3. The Kier molecular flexibility index (Phi) is 5.17. The van der Waals surface area contributed by atoms with Gasteiger partial charge >= 0.3 is 6.18 Å². The number of amides is 1. The third kappa shape index (κ3) is 3.98. The molecule has 164 valence electrons. The Balaban J connectivity index is 1.94. The van der Waals surface area contributed by atoms with Gasteiger partial charge in [0.1, 0.15) is 11.3 Å². The molecule has 1 fully saturated rings. The largest absolute Gasteiger partial charge is 0.417 e. The molecule has 2 N–H and O–H groups in total. The average molecular weight is 435 g/mol. The lowest BCUT2D eigenvalue weighted by molar-refractivity contribution is -0.137. The van der Waals surface area contributed by atoms with E-state index in [0.717, 1.165) is 12.3 Å². The highest BCUT2D eigenvalue weighted by Gasteiger charge is 2.35. The van der Waals surface area contributed by atoms with Gasteiger partial charge in [0, 0.05) is 39.6 Å². The van der Waals surface area contributed by atoms with Crippen LogP contribution in [0.25, 0.3) is 16.9 Å². The van der Waals surface area contributed by atoms with Crippen molar-refractivity contribution >= 4 is 23.1 Å². The van der Waals surface area contributed by atoms with Crippen LogP contribution in [-0.4, -0.2) is 70.8 Å². The van der Waals surface area contributed by atoms with Crippen molar-refractivity contribution in [3.63, 3.8) is 0 Å². The smallest absolute Gasteiger partial charge is 0.384 e. The van der Waals surface area contributed by atoms with E-state index in [2.05, 4.69) is 15.1 Å². The van der Waals surface area contributed by atoms with Crippen LogP contribution < -0.4 is 10.6 Å². The molecule has 0 saturated carbocycles.